The summed E-state index contributed by atoms with van der Waals surface area (Å²) in [6, 6.07) is 10.5. The molecule has 0 bridgehead atoms. The van der Waals surface area contributed by atoms with Gasteiger partial charge in [-0.1, -0.05) is 25.1 Å². The topological polar surface area (TPSA) is 61.8 Å². The SMILES string of the molecule is CCC(C)(C)C(=O)OCc1ccc2ccc(OCC(=O)OCC(F)(F)F)cc2c1. The first-order chi connectivity index (χ1) is 13.5. The van der Waals surface area contributed by atoms with Crippen LogP contribution in [0.1, 0.15) is 32.8 Å². The van der Waals surface area contributed by atoms with E-state index in [4.69, 9.17) is 9.47 Å². The molecule has 0 heterocycles. The molecule has 0 saturated carbocycles. The molecule has 0 aliphatic rings. The van der Waals surface area contributed by atoms with Gasteiger partial charge in [0.25, 0.3) is 0 Å². The van der Waals surface area contributed by atoms with Crippen LogP contribution in [0.4, 0.5) is 13.2 Å². The van der Waals surface area contributed by atoms with E-state index in [1.165, 1.54) is 0 Å². The van der Waals surface area contributed by atoms with Crippen LogP contribution in [0.2, 0.25) is 0 Å². The first-order valence-corrected chi connectivity index (χ1v) is 9.05. The highest BCUT2D eigenvalue weighted by molar-refractivity contribution is 5.84. The quantitative estimate of drug-likeness (QED) is 0.583. The lowest BCUT2D eigenvalue weighted by molar-refractivity contribution is -0.187. The van der Waals surface area contributed by atoms with Gasteiger partial charge in [-0.25, -0.2) is 4.79 Å². The molecule has 29 heavy (non-hydrogen) atoms. The third kappa shape index (κ3) is 6.96. The Labute approximate surface area is 166 Å². The Morgan fingerprint density at radius 3 is 2.31 bits per heavy atom. The molecule has 0 fully saturated rings. The van der Waals surface area contributed by atoms with Gasteiger partial charge in [-0.3, -0.25) is 4.79 Å². The van der Waals surface area contributed by atoms with E-state index in [0.29, 0.717) is 12.2 Å². The Kier molecular flexibility index (Phi) is 7.11. The second-order valence-corrected chi connectivity index (χ2v) is 7.22. The second kappa shape index (κ2) is 9.15. The van der Waals surface area contributed by atoms with Crippen LogP contribution in [0.3, 0.4) is 0 Å². The van der Waals surface area contributed by atoms with Crippen LogP contribution in [-0.4, -0.2) is 31.3 Å². The van der Waals surface area contributed by atoms with Crippen molar-refractivity contribution in [1.82, 2.24) is 0 Å². The zero-order valence-electron chi connectivity index (χ0n) is 16.5. The normalized spacial score (nSPS) is 11.9. The number of carbonyl (C=O) groups is 2. The molecular weight excluding hydrogens is 389 g/mol. The molecule has 2 aromatic carbocycles. The summed E-state index contributed by atoms with van der Waals surface area (Å²) < 4.78 is 50.8. The van der Waals surface area contributed by atoms with E-state index in [0.717, 1.165) is 16.3 Å². The van der Waals surface area contributed by atoms with Gasteiger partial charge < -0.3 is 14.2 Å². The highest BCUT2D eigenvalue weighted by Gasteiger charge is 2.29. The molecule has 0 aliphatic carbocycles. The van der Waals surface area contributed by atoms with E-state index in [2.05, 4.69) is 4.74 Å². The van der Waals surface area contributed by atoms with Crippen LogP contribution in [0.25, 0.3) is 10.8 Å². The van der Waals surface area contributed by atoms with Gasteiger partial charge in [0, 0.05) is 0 Å². The molecule has 2 rings (SSSR count). The Morgan fingerprint density at radius 2 is 1.66 bits per heavy atom. The van der Waals surface area contributed by atoms with Gasteiger partial charge in [-0.15, -0.1) is 0 Å². The molecule has 0 amide bonds. The highest BCUT2D eigenvalue weighted by atomic mass is 19.4. The smallest absolute Gasteiger partial charge is 0.422 e. The molecule has 0 radical (unpaired) electrons. The van der Waals surface area contributed by atoms with Gasteiger partial charge in [-0.2, -0.15) is 13.2 Å². The van der Waals surface area contributed by atoms with Crippen LogP contribution < -0.4 is 4.74 Å². The van der Waals surface area contributed by atoms with Crippen LogP contribution >= 0.6 is 0 Å². The van der Waals surface area contributed by atoms with E-state index in [-0.39, 0.29) is 12.6 Å². The average molecular weight is 412 g/mol. The Bertz CT molecular complexity index is 874. The van der Waals surface area contributed by atoms with Crippen molar-refractivity contribution in [1.29, 1.82) is 0 Å². The summed E-state index contributed by atoms with van der Waals surface area (Å²) in [7, 11) is 0. The number of rotatable bonds is 8. The monoisotopic (exact) mass is 412 g/mol. The van der Waals surface area contributed by atoms with E-state index < -0.39 is 30.8 Å². The third-order valence-corrected chi connectivity index (χ3v) is 4.44. The fourth-order valence-corrected chi connectivity index (χ4v) is 2.29. The van der Waals surface area contributed by atoms with Crippen molar-refractivity contribution in [3.05, 3.63) is 42.0 Å². The maximum Gasteiger partial charge on any atom is 0.422 e. The molecule has 0 spiro atoms. The van der Waals surface area contributed by atoms with Crippen molar-refractivity contribution in [2.24, 2.45) is 5.41 Å². The fraction of sp³-hybridized carbons (Fsp3) is 0.429. The second-order valence-electron chi connectivity index (χ2n) is 7.22. The molecule has 0 N–H and O–H groups in total. The lowest BCUT2D eigenvalue weighted by Gasteiger charge is -2.20. The maximum atomic E-state index is 12.1. The van der Waals surface area contributed by atoms with Crippen LogP contribution in [0.15, 0.2) is 36.4 Å². The summed E-state index contributed by atoms with van der Waals surface area (Å²) in [6.07, 6.45) is -3.92. The predicted octanol–water partition coefficient (Wildman–Crippen LogP) is 4.80. The molecule has 0 saturated heterocycles. The lowest BCUT2D eigenvalue weighted by Crippen LogP contribution is -2.25. The van der Waals surface area contributed by atoms with Crippen molar-refractivity contribution in [3.63, 3.8) is 0 Å². The van der Waals surface area contributed by atoms with Crippen molar-refractivity contribution in [3.8, 4) is 5.75 Å². The maximum absolute atomic E-state index is 12.1. The van der Waals surface area contributed by atoms with Crippen molar-refractivity contribution < 1.29 is 37.0 Å². The van der Waals surface area contributed by atoms with E-state index in [9.17, 15) is 22.8 Å². The molecular formula is C21H23F3O5. The summed E-state index contributed by atoms with van der Waals surface area (Å²) >= 11 is 0. The van der Waals surface area contributed by atoms with E-state index >= 15 is 0 Å². The molecule has 0 aromatic heterocycles. The Hall–Kier alpha value is -2.77. The summed E-state index contributed by atoms with van der Waals surface area (Å²) in [4.78, 5) is 23.4. The van der Waals surface area contributed by atoms with Gasteiger partial charge in [0.2, 0.25) is 0 Å². The van der Waals surface area contributed by atoms with Crippen molar-refractivity contribution >= 4 is 22.7 Å². The zero-order valence-corrected chi connectivity index (χ0v) is 16.5. The molecule has 5 nitrogen and oxygen atoms in total. The van der Waals surface area contributed by atoms with Gasteiger partial charge >= 0.3 is 18.1 Å². The first-order valence-electron chi connectivity index (χ1n) is 9.05. The van der Waals surface area contributed by atoms with E-state index in [1.807, 2.05) is 39.0 Å². The lowest BCUT2D eigenvalue weighted by atomic mass is 9.91. The highest BCUT2D eigenvalue weighted by Crippen LogP contribution is 2.25. The van der Waals surface area contributed by atoms with Gasteiger partial charge in [0.1, 0.15) is 12.4 Å². The van der Waals surface area contributed by atoms with Crippen LogP contribution in [-0.2, 0) is 25.7 Å². The Morgan fingerprint density at radius 1 is 0.966 bits per heavy atom. The number of esters is 2. The summed E-state index contributed by atoms with van der Waals surface area (Å²) in [6.45, 7) is 3.39. The standard InChI is InChI=1S/C21H23F3O5/c1-4-20(2,3)19(26)28-11-14-5-6-15-7-8-17(10-16(15)9-14)27-12-18(25)29-13-21(22,23)24/h5-10H,4,11-13H2,1-3H3. The zero-order chi connectivity index (χ0) is 21.7. The summed E-state index contributed by atoms with van der Waals surface area (Å²) in [5, 5.41) is 1.66. The van der Waals surface area contributed by atoms with Crippen molar-refractivity contribution in [2.45, 2.75) is 40.0 Å². The number of hydrogen-bond acceptors (Lipinski definition) is 5. The first kappa shape index (κ1) is 22.5. The van der Waals surface area contributed by atoms with Gasteiger partial charge in [-0.05, 0) is 54.8 Å². The number of carbonyl (C=O) groups excluding carboxylic acids is 2. The summed E-state index contributed by atoms with van der Waals surface area (Å²) in [5.41, 5.74) is 0.220. The predicted molar refractivity (Wildman–Crippen MR) is 100 cm³/mol. The van der Waals surface area contributed by atoms with Crippen molar-refractivity contribution in [2.75, 3.05) is 13.2 Å². The van der Waals surface area contributed by atoms with Crippen LogP contribution in [0, 0.1) is 5.41 Å². The van der Waals surface area contributed by atoms with E-state index in [1.54, 1.807) is 18.2 Å². The van der Waals surface area contributed by atoms with Crippen LogP contribution in [0.5, 0.6) is 5.75 Å². The summed E-state index contributed by atoms with van der Waals surface area (Å²) in [5.74, 6) is -1.08. The molecule has 0 unspecified atom stereocenters. The van der Waals surface area contributed by atoms with Gasteiger partial charge in [0.05, 0.1) is 5.41 Å². The number of benzene rings is 2. The number of ether oxygens (including phenoxy) is 3. The molecule has 8 heteroatoms. The molecule has 0 atom stereocenters. The molecule has 0 aliphatic heterocycles. The average Bonchev–Trinajstić information content (AvgIpc) is 2.67. The minimum Gasteiger partial charge on any atom is -0.482 e. The Balaban J connectivity index is 1.99. The molecule has 158 valence electrons. The number of fused-ring (bicyclic) bond motifs is 1. The number of alkyl halides is 3. The number of halogens is 3. The molecule has 2 aromatic rings. The third-order valence-electron chi connectivity index (χ3n) is 4.44. The van der Waals surface area contributed by atoms with Gasteiger partial charge in [0.15, 0.2) is 13.2 Å². The minimum absolute atomic E-state index is 0.118. The largest absolute Gasteiger partial charge is 0.482 e. The fourth-order valence-electron chi connectivity index (χ4n) is 2.29. The number of hydrogen-bond donors (Lipinski definition) is 0. The minimum atomic E-state index is -4.58.